The number of carbonyl (C=O) groups is 1. The van der Waals surface area contributed by atoms with Gasteiger partial charge in [-0.1, -0.05) is 54.1 Å². The molecule has 8 heteroatoms. The molecule has 1 saturated heterocycles. The summed E-state index contributed by atoms with van der Waals surface area (Å²) in [6.07, 6.45) is 2.87. The number of nitrogens with one attached hydrogen (secondary N) is 2. The van der Waals surface area contributed by atoms with E-state index < -0.39 is 0 Å². The minimum absolute atomic E-state index is 0.0301. The van der Waals surface area contributed by atoms with E-state index in [-0.39, 0.29) is 29.8 Å². The first-order chi connectivity index (χ1) is 21.2. The minimum atomic E-state index is -0.239. The van der Waals surface area contributed by atoms with Crippen molar-refractivity contribution in [1.29, 1.82) is 0 Å². The summed E-state index contributed by atoms with van der Waals surface area (Å²) in [7, 11) is 3.67. The molecule has 2 fully saturated rings. The lowest BCUT2D eigenvalue weighted by molar-refractivity contribution is -0.128. The van der Waals surface area contributed by atoms with E-state index in [2.05, 4.69) is 57.7 Å². The monoisotopic (exact) mass is 616 g/mol. The summed E-state index contributed by atoms with van der Waals surface area (Å²) < 4.78 is 20.3. The van der Waals surface area contributed by atoms with Crippen molar-refractivity contribution in [1.82, 2.24) is 20.4 Å². The summed E-state index contributed by atoms with van der Waals surface area (Å²) in [5, 5.41) is 7.72. The molecule has 2 heterocycles. The van der Waals surface area contributed by atoms with Crippen LogP contribution in [0.4, 0.5) is 4.39 Å². The molecule has 1 saturated carbocycles. The Morgan fingerprint density at radius 2 is 1.80 bits per heavy atom. The fourth-order valence-corrected chi connectivity index (χ4v) is 6.90. The van der Waals surface area contributed by atoms with Gasteiger partial charge in [0.2, 0.25) is 0 Å². The molecule has 1 aliphatic carbocycles. The van der Waals surface area contributed by atoms with Gasteiger partial charge >= 0.3 is 0 Å². The number of ether oxygens (including phenoxy) is 1. The SMILES string of the molecule is COc1cccc(CN(C(=O)C2=C(c3ccc(CN(C)Cc4c(Cl)ccc(C)c4F)cc3)C[C@H]3CNC[C@H]2N3)C2CC2)c1C. The third-order valence-corrected chi connectivity index (χ3v) is 9.65. The molecule has 2 bridgehead atoms. The molecule has 3 aromatic carbocycles. The van der Waals surface area contributed by atoms with Gasteiger partial charge in [0, 0.05) is 61.0 Å². The van der Waals surface area contributed by atoms with E-state index in [1.54, 1.807) is 26.2 Å². The maximum Gasteiger partial charge on any atom is 0.252 e. The van der Waals surface area contributed by atoms with Gasteiger partial charge in [-0.25, -0.2) is 4.39 Å². The molecular weight excluding hydrogens is 575 g/mol. The highest BCUT2D eigenvalue weighted by atomic mass is 35.5. The molecule has 6 rings (SSSR count). The molecule has 0 spiro atoms. The molecule has 0 aromatic heterocycles. The number of piperazine rings is 1. The third-order valence-electron chi connectivity index (χ3n) is 9.30. The van der Waals surface area contributed by atoms with Crippen molar-refractivity contribution in [3.05, 3.63) is 104 Å². The summed E-state index contributed by atoms with van der Waals surface area (Å²) in [5.41, 5.74) is 7.58. The van der Waals surface area contributed by atoms with Crippen LogP contribution in [0.15, 0.2) is 60.2 Å². The highest BCUT2D eigenvalue weighted by Gasteiger charge is 2.41. The molecule has 0 radical (unpaired) electrons. The summed E-state index contributed by atoms with van der Waals surface area (Å²) in [6, 6.07) is 18.6. The molecule has 2 atom stereocenters. The van der Waals surface area contributed by atoms with Crippen LogP contribution in [-0.2, 0) is 24.4 Å². The molecule has 3 aliphatic rings. The van der Waals surface area contributed by atoms with Crippen molar-refractivity contribution in [2.24, 2.45) is 0 Å². The fourth-order valence-electron chi connectivity index (χ4n) is 6.69. The zero-order chi connectivity index (χ0) is 31.0. The van der Waals surface area contributed by atoms with Crippen molar-refractivity contribution < 1.29 is 13.9 Å². The van der Waals surface area contributed by atoms with Gasteiger partial charge < -0.3 is 20.3 Å². The first-order valence-electron chi connectivity index (χ1n) is 15.6. The number of rotatable bonds is 10. The average molecular weight is 617 g/mol. The van der Waals surface area contributed by atoms with Crippen LogP contribution in [0.25, 0.3) is 5.57 Å². The molecule has 3 aromatic rings. The maximum absolute atomic E-state index is 14.7. The van der Waals surface area contributed by atoms with E-state index in [0.29, 0.717) is 35.8 Å². The van der Waals surface area contributed by atoms with Crippen molar-refractivity contribution in [3.8, 4) is 5.75 Å². The summed E-state index contributed by atoms with van der Waals surface area (Å²) >= 11 is 6.33. The summed E-state index contributed by atoms with van der Waals surface area (Å²) in [4.78, 5) is 18.7. The number of halogens is 2. The van der Waals surface area contributed by atoms with Gasteiger partial charge in [-0.2, -0.15) is 0 Å². The summed E-state index contributed by atoms with van der Waals surface area (Å²) in [6.45, 7) is 7.10. The molecule has 232 valence electrons. The van der Waals surface area contributed by atoms with E-state index in [1.807, 2.05) is 19.2 Å². The zero-order valence-electron chi connectivity index (χ0n) is 26.1. The van der Waals surface area contributed by atoms with Crippen LogP contribution in [-0.4, -0.2) is 61.1 Å². The van der Waals surface area contributed by atoms with Crippen LogP contribution in [0.1, 0.15) is 52.6 Å². The Labute approximate surface area is 265 Å². The highest BCUT2D eigenvalue weighted by molar-refractivity contribution is 6.31. The van der Waals surface area contributed by atoms with Crippen LogP contribution in [0.5, 0.6) is 5.75 Å². The average Bonchev–Trinajstić information content (AvgIpc) is 3.86. The molecule has 0 unspecified atom stereocenters. The van der Waals surface area contributed by atoms with Gasteiger partial charge in [-0.15, -0.1) is 0 Å². The third kappa shape index (κ3) is 6.43. The molecular formula is C36H42ClFN4O2. The minimum Gasteiger partial charge on any atom is -0.496 e. The lowest BCUT2D eigenvalue weighted by Crippen LogP contribution is -2.60. The van der Waals surface area contributed by atoms with Gasteiger partial charge in [0.25, 0.3) is 5.91 Å². The van der Waals surface area contributed by atoms with Crippen molar-refractivity contribution in [2.45, 2.75) is 70.9 Å². The van der Waals surface area contributed by atoms with E-state index in [1.165, 1.54) is 0 Å². The normalized spacial score (nSPS) is 19.8. The predicted molar refractivity (Wildman–Crippen MR) is 174 cm³/mol. The lowest BCUT2D eigenvalue weighted by atomic mass is 9.83. The quantitative estimate of drug-likeness (QED) is 0.292. The van der Waals surface area contributed by atoms with Crippen molar-refractivity contribution in [3.63, 3.8) is 0 Å². The van der Waals surface area contributed by atoms with E-state index in [0.717, 1.165) is 71.5 Å². The number of carbonyl (C=O) groups excluding carboxylic acids is 1. The Balaban J connectivity index is 1.26. The summed E-state index contributed by atoms with van der Waals surface area (Å²) in [5.74, 6) is 0.740. The number of nitrogens with zero attached hydrogens (tertiary/aromatic N) is 2. The van der Waals surface area contributed by atoms with Gasteiger partial charge in [0.15, 0.2) is 0 Å². The Kier molecular flexibility index (Phi) is 9.11. The number of methoxy groups -OCH3 is 1. The van der Waals surface area contributed by atoms with Crippen LogP contribution < -0.4 is 15.4 Å². The Bertz CT molecular complexity index is 1570. The maximum atomic E-state index is 14.7. The topological polar surface area (TPSA) is 56.8 Å². The second kappa shape index (κ2) is 13.0. The second-order valence-corrected chi connectivity index (χ2v) is 13.0. The van der Waals surface area contributed by atoms with Gasteiger partial charge in [0.05, 0.1) is 13.2 Å². The van der Waals surface area contributed by atoms with E-state index in [4.69, 9.17) is 16.3 Å². The zero-order valence-corrected chi connectivity index (χ0v) is 26.8. The van der Waals surface area contributed by atoms with Crippen LogP contribution in [0, 0.1) is 19.7 Å². The van der Waals surface area contributed by atoms with Crippen LogP contribution >= 0.6 is 11.6 Å². The molecule has 44 heavy (non-hydrogen) atoms. The smallest absolute Gasteiger partial charge is 0.252 e. The predicted octanol–water partition coefficient (Wildman–Crippen LogP) is 6.02. The van der Waals surface area contributed by atoms with E-state index >= 15 is 0 Å². The van der Waals surface area contributed by atoms with Crippen LogP contribution in [0.3, 0.4) is 0 Å². The number of hydrogen-bond acceptors (Lipinski definition) is 5. The van der Waals surface area contributed by atoms with Gasteiger partial charge in [-0.05, 0) is 85.7 Å². The standard InChI is InChI=1S/C36H42ClFN4O2/c1-22-8-15-31(37)30(35(22)38)21-41(3)19-24-9-11-25(12-10-24)29-16-27-17-39-18-32(40-27)34(29)36(43)42(28-13-14-28)20-26-6-5-7-33(44-4)23(26)2/h5-12,15,27-28,32,39-40H,13-14,16-21H2,1-4H3/t27-,32+/m0/s1. The number of amides is 1. The Morgan fingerprint density at radius 1 is 1.02 bits per heavy atom. The van der Waals surface area contributed by atoms with Gasteiger partial charge in [0.1, 0.15) is 11.6 Å². The fraction of sp³-hybridized carbons (Fsp3) is 0.417. The molecule has 6 nitrogen and oxygen atoms in total. The lowest BCUT2D eigenvalue weighted by Gasteiger charge is -2.41. The highest BCUT2D eigenvalue weighted by Crippen LogP contribution is 2.37. The number of benzene rings is 3. The van der Waals surface area contributed by atoms with E-state index in [9.17, 15) is 9.18 Å². The van der Waals surface area contributed by atoms with Crippen molar-refractivity contribution in [2.75, 3.05) is 27.2 Å². The number of fused-ring (bicyclic) bond motifs is 2. The molecule has 2 aliphatic heterocycles. The Morgan fingerprint density at radius 3 is 2.52 bits per heavy atom. The largest absolute Gasteiger partial charge is 0.496 e. The van der Waals surface area contributed by atoms with Crippen molar-refractivity contribution >= 4 is 23.1 Å². The molecule has 2 N–H and O–H groups in total. The first kappa shape index (κ1) is 30.8. The second-order valence-electron chi connectivity index (χ2n) is 12.6. The molecule has 1 amide bonds. The van der Waals surface area contributed by atoms with Gasteiger partial charge in [-0.3, -0.25) is 9.69 Å². The Hall–Kier alpha value is -3.23. The van der Waals surface area contributed by atoms with Crippen LogP contribution in [0.2, 0.25) is 5.02 Å². The first-order valence-corrected chi connectivity index (χ1v) is 16.0. The number of aryl methyl sites for hydroxylation is 1. The number of hydrogen-bond donors (Lipinski definition) is 2.